The summed E-state index contributed by atoms with van der Waals surface area (Å²) in [7, 11) is 0. The second kappa shape index (κ2) is 10.9. The zero-order valence-corrected chi connectivity index (χ0v) is 25.4. The van der Waals surface area contributed by atoms with E-state index in [1.807, 2.05) is 30.3 Å². The molecule has 0 aliphatic carbocycles. The summed E-state index contributed by atoms with van der Waals surface area (Å²) < 4.78 is 3.20. The average molecular weight is 608 g/mol. The highest BCUT2D eigenvalue weighted by Crippen LogP contribution is 2.37. The van der Waals surface area contributed by atoms with E-state index in [1.54, 1.807) is 11.3 Å². The highest BCUT2D eigenvalue weighted by Gasteiger charge is 2.20. The summed E-state index contributed by atoms with van der Waals surface area (Å²) in [5.74, 6) is 1.80. The predicted octanol–water partition coefficient (Wildman–Crippen LogP) is 10.2. The molecule has 0 fully saturated rings. The lowest BCUT2D eigenvalue weighted by Crippen LogP contribution is -2.06. The minimum Gasteiger partial charge on any atom is -0.278 e. The van der Waals surface area contributed by atoms with Gasteiger partial charge in [-0.2, -0.15) is 9.97 Å². The van der Waals surface area contributed by atoms with Crippen LogP contribution in [-0.4, -0.2) is 24.5 Å². The van der Waals surface area contributed by atoms with Crippen molar-refractivity contribution in [3.8, 4) is 50.4 Å². The van der Waals surface area contributed by atoms with Gasteiger partial charge in [0.25, 0.3) is 0 Å². The molecule has 9 rings (SSSR count). The van der Waals surface area contributed by atoms with Gasteiger partial charge in [-0.3, -0.25) is 4.57 Å². The first-order chi connectivity index (χ1) is 22.8. The standard InChI is InChI=1S/C40H25N5S/c1-3-13-26(14-4-1)28-17-11-18-29(25-28)37-42-38(32-21-12-22-33-36(32)46-39(41-33)27-15-5-2-6-16-27)44-40(43-37)45-34-23-9-7-19-30(34)31-20-8-10-24-35(31)45/h1-25H. The molecule has 0 saturated heterocycles. The van der Waals surface area contributed by atoms with E-state index in [-0.39, 0.29) is 0 Å². The normalized spacial score (nSPS) is 11.5. The Morgan fingerprint density at radius 1 is 0.435 bits per heavy atom. The van der Waals surface area contributed by atoms with Gasteiger partial charge in [0.1, 0.15) is 5.01 Å². The molecule has 9 aromatic rings. The van der Waals surface area contributed by atoms with Crippen LogP contribution in [0.5, 0.6) is 0 Å². The zero-order chi connectivity index (χ0) is 30.5. The number of para-hydroxylation sites is 2. The number of hydrogen-bond acceptors (Lipinski definition) is 5. The molecule has 6 heteroatoms. The van der Waals surface area contributed by atoms with E-state index in [2.05, 4.69) is 126 Å². The van der Waals surface area contributed by atoms with Crippen molar-refractivity contribution in [3.05, 3.63) is 152 Å². The van der Waals surface area contributed by atoms with Crippen molar-refractivity contribution in [2.45, 2.75) is 0 Å². The second-order valence-corrected chi connectivity index (χ2v) is 12.1. The first kappa shape index (κ1) is 26.4. The number of rotatable bonds is 5. The van der Waals surface area contributed by atoms with Crippen molar-refractivity contribution in [1.82, 2.24) is 24.5 Å². The molecule has 0 N–H and O–H groups in total. The summed E-state index contributed by atoms with van der Waals surface area (Å²) >= 11 is 1.66. The molecular formula is C40H25N5S. The Labute approximate surface area is 269 Å². The molecule has 0 spiro atoms. The maximum absolute atomic E-state index is 5.20. The minimum atomic E-state index is 0.576. The Hall–Kier alpha value is -5.98. The lowest BCUT2D eigenvalue weighted by molar-refractivity contribution is 0.954. The molecule has 6 aromatic carbocycles. The lowest BCUT2D eigenvalue weighted by atomic mass is 10.0. The van der Waals surface area contributed by atoms with Gasteiger partial charge in [0.15, 0.2) is 11.6 Å². The average Bonchev–Trinajstić information content (AvgIpc) is 3.72. The van der Waals surface area contributed by atoms with Crippen LogP contribution in [0.3, 0.4) is 0 Å². The van der Waals surface area contributed by atoms with E-state index >= 15 is 0 Å². The van der Waals surface area contributed by atoms with Crippen LogP contribution in [0.2, 0.25) is 0 Å². The molecule has 0 aliphatic heterocycles. The number of fused-ring (bicyclic) bond motifs is 4. The van der Waals surface area contributed by atoms with Crippen molar-refractivity contribution < 1.29 is 0 Å². The quantitative estimate of drug-likeness (QED) is 0.195. The monoisotopic (exact) mass is 607 g/mol. The molecule has 46 heavy (non-hydrogen) atoms. The minimum absolute atomic E-state index is 0.576. The van der Waals surface area contributed by atoms with E-state index in [0.29, 0.717) is 17.6 Å². The smallest absolute Gasteiger partial charge is 0.238 e. The molecule has 0 unspecified atom stereocenters. The van der Waals surface area contributed by atoms with Crippen LogP contribution in [0.1, 0.15) is 0 Å². The molecule has 216 valence electrons. The summed E-state index contributed by atoms with van der Waals surface area (Å²) in [4.78, 5) is 20.5. The molecule has 3 heterocycles. The van der Waals surface area contributed by atoms with Gasteiger partial charge in [-0.15, -0.1) is 11.3 Å². The number of aromatic nitrogens is 5. The van der Waals surface area contributed by atoms with Crippen molar-refractivity contribution in [1.29, 1.82) is 0 Å². The van der Waals surface area contributed by atoms with Crippen LogP contribution in [0.25, 0.3) is 82.4 Å². The topological polar surface area (TPSA) is 56.5 Å². The number of benzene rings is 6. The van der Waals surface area contributed by atoms with Crippen LogP contribution < -0.4 is 0 Å². The Bertz CT molecular complexity index is 2480. The van der Waals surface area contributed by atoms with Gasteiger partial charge in [0, 0.05) is 27.5 Å². The van der Waals surface area contributed by atoms with Crippen LogP contribution >= 0.6 is 11.3 Å². The van der Waals surface area contributed by atoms with Crippen molar-refractivity contribution >= 4 is 43.4 Å². The number of nitrogens with zero attached hydrogens (tertiary/aromatic N) is 5. The summed E-state index contributed by atoms with van der Waals surface area (Å²) in [6.45, 7) is 0. The Morgan fingerprint density at radius 2 is 1.02 bits per heavy atom. The molecule has 0 bridgehead atoms. The SMILES string of the molecule is c1ccc(-c2cccc(-c3nc(-c4cccc5nc(-c6ccccc6)sc45)nc(-n4c5ccccc5c5ccccc54)n3)c2)cc1. The maximum atomic E-state index is 5.20. The highest BCUT2D eigenvalue weighted by atomic mass is 32.1. The molecule has 5 nitrogen and oxygen atoms in total. The highest BCUT2D eigenvalue weighted by molar-refractivity contribution is 7.22. The van der Waals surface area contributed by atoms with Crippen molar-refractivity contribution in [2.24, 2.45) is 0 Å². The first-order valence-electron chi connectivity index (χ1n) is 15.2. The largest absolute Gasteiger partial charge is 0.278 e. The molecule has 0 amide bonds. The Kier molecular flexibility index (Phi) is 6.25. The molecule has 3 aromatic heterocycles. The van der Waals surface area contributed by atoms with Gasteiger partial charge >= 0.3 is 0 Å². The summed E-state index contributed by atoms with van der Waals surface area (Å²) in [6, 6.07) is 52.1. The van der Waals surface area contributed by atoms with Crippen LogP contribution in [-0.2, 0) is 0 Å². The van der Waals surface area contributed by atoms with E-state index in [9.17, 15) is 0 Å². The third kappa shape index (κ3) is 4.47. The molecule has 0 atom stereocenters. The van der Waals surface area contributed by atoms with Gasteiger partial charge in [-0.05, 0) is 41.5 Å². The van der Waals surface area contributed by atoms with Gasteiger partial charge in [0.2, 0.25) is 5.95 Å². The van der Waals surface area contributed by atoms with E-state index in [0.717, 1.165) is 64.8 Å². The number of hydrogen-bond donors (Lipinski definition) is 0. The van der Waals surface area contributed by atoms with Crippen LogP contribution in [0, 0.1) is 0 Å². The van der Waals surface area contributed by atoms with Crippen molar-refractivity contribution in [2.75, 3.05) is 0 Å². The van der Waals surface area contributed by atoms with E-state index in [1.165, 1.54) is 0 Å². The zero-order valence-electron chi connectivity index (χ0n) is 24.6. The Morgan fingerprint density at radius 3 is 1.76 bits per heavy atom. The number of thiazole rings is 1. The second-order valence-electron chi connectivity index (χ2n) is 11.1. The summed E-state index contributed by atoms with van der Waals surface area (Å²) in [6.07, 6.45) is 0. The van der Waals surface area contributed by atoms with E-state index in [4.69, 9.17) is 19.9 Å². The fourth-order valence-electron chi connectivity index (χ4n) is 6.15. The summed E-state index contributed by atoms with van der Waals surface area (Å²) in [5, 5.41) is 3.28. The molecular weight excluding hydrogens is 583 g/mol. The lowest BCUT2D eigenvalue weighted by Gasteiger charge is -2.12. The predicted molar refractivity (Wildman–Crippen MR) is 189 cm³/mol. The van der Waals surface area contributed by atoms with Gasteiger partial charge < -0.3 is 0 Å². The van der Waals surface area contributed by atoms with Crippen LogP contribution in [0.15, 0.2) is 152 Å². The maximum Gasteiger partial charge on any atom is 0.238 e. The van der Waals surface area contributed by atoms with Gasteiger partial charge in [-0.1, -0.05) is 121 Å². The molecule has 0 saturated carbocycles. The molecule has 0 aliphatic rings. The third-order valence-corrected chi connectivity index (χ3v) is 9.46. The van der Waals surface area contributed by atoms with E-state index < -0.39 is 0 Å². The van der Waals surface area contributed by atoms with Gasteiger partial charge in [0.05, 0.1) is 21.3 Å². The molecule has 0 radical (unpaired) electrons. The fraction of sp³-hybridized carbons (Fsp3) is 0. The fourth-order valence-corrected chi connectivity index (χ4v) is 7.23. The van der Waals surface area contributed by atoms with Crippen molar-refractivity contribution in [3.63, 3.8) is 0 Å². The van der Waals surface area contributed by atoms with Gasteiger partial charge in [-0.25, -0.2) is 9.97 Å². The first-order valence-corrected chi connectivity index (χ1v) is 16.0. The summed E-state index contributed by atoms with van der Waals surface area (Å²) in [5.41, 5.74) is 8.22. The third-order valence-electron chi connectivity index (χ3n) is 8.31. The Balaban J connectivity index is 1.31. The van der Waals surface area contributed by atoms with Crippen LogP contribution in [0.4, 0.5) is 0 Å².